The number of carbonyl (C=O) groups excluding carboxylic acids is 4. The zero-order chi connectivity index (χ0) is 21.1. The maximum atomic E-state index is 12.4. The lowest BCUT2D eigenvalue weighted by Crippen LogP contribution is -2.34. The molecule has 0 saturated carbocycles. The van der Waals surface area contributed by atoms with Crippen LogP contribution in [0.15, 0.2) is 39.7 Å². The predicted molar refractivity (Wildman–Crippen MR) is 103 cm³/mol. The maximum Gasteiger partial charge on any atom is 0.326 e. The van der Waals surface area contributed by atoms with E-state index in [1.54, 1.807) is 32.0 Å². The molecule has 1 saturated heterocycles. The fraction of sp³-hybridized carbons (Fsp3) is 0.200. The van der Waals surface area contributed by atoms with Crippen molar-refractivity contribution in [1.29, 1.82) is 0 Å². The number of aromatic carboxylic acids is 1. The van der Waals surface area contributed by atoms with E-state index < -0.39 is 29.6 Å². The number of thioether (sulfide) groups is 1. The number of hydrogen-bond donors (Lipinski definition) is 0. The van der Waals surface area contributed by atoms with Crippen LogP contribution in [0.5, 0.6) is 0 Å². The largest absolute Gasteiger partial charge is 0.545 e. The van der Waals surface area contributed by atoms with Crippen LogP contribution in [-0.2, 0) is 14.3 Å². The van der Waals surface area contributed by atoms with Gasteiger partial charge in [-0.15, -0.1) is 0 Å². The number of aryl methyl sites for hydroxylation is 1. The van der Waals surface area contributed by atoms with Gasteiger partial charge in [-0.1, -0.05) is 12.1 Å². The van der Waals surface area contributed by atoms with E-state index in [0.717, 1.165) is 4.90 Å². The number of ether oxygens (including phenoxy) is 1. The Bertz CT molecular complexity index is 1040. The van der Waals surface area contributed by atoms with Gasteiger partial charge in [-0.3, -0.25) is 19.3 Å². The molecular formula is C20H16NO7S-. The zero-order valence-corrected chi connectivity index (χ0v) is 16.4. The molecule has 0 aliphatic carbocycles. The zero-order valence-electron chi connectivity index (χ0n) is 15.6. The Hall–Kier alpha value is -3.33. The van der Waals surface area contributed by atoms with Crippen LogP contribution in [0.25, 0.3) is 17.4 Å². The number of imide groups is 1. The number of nitrogens with zero attached hydrogens (tertiary/aromatic N) is 1. The minimum Gasteiger partial charge on any atom is -0.545 e. The molecule has 1 aromatic carbocycles. The van der Waals surface area contributed by atoms with Crippen molar-refractivity contribution in [2.45, 2.75) is 13.8 Å². The molecule has 0 atom stereocenters. The standard InChI is InChI=1S/C20H17NO7S/c1-3-27-17(22)10-21-18(23)16(29-20(21)26)9-13-5-7-15(28-13)14-6-4-12(19(24)25)8-11(14)2/h4-9H,3,10H2,1-2H3,(H,24,25)/p-1/b16-9-. The third kappa shape index (κ3) is 4.40. The third-order valence-corrected chi connectivity index (χ3v) is 5.00. The normalized spacial score (nSPS) is 15.2. The number of carboxylic acid groups (broad SMARTS) is 1. The molecule has 2 aromatic rings. The minimum absolute atomic E-state index is 0.0632. The minimum atomic E-state index is -1.27. The van der Waals surface area contributed by atoms with Crippen LogP contribution in [0.1, 0.15) is 28.6 Å². The van der Waals surface area contributed by atoms with Gasteiger partial charge in [0, 0.05) is 11.6 Å². The van der Waals surface area contributed by atoms with Gasteiger partial charge in [0.05, 0.1) is 17.5 Å². The number of furan rings is 1. The Kier molecular flexibility index (Phi) is 5.88. The van der Waals surface area contributed by atoms with Crippen molar-refractivity contribution in [3.05, 3.63) is 52.1 Å². The van der Waals surface area contributed by atoms with Crippen molar-refractivity contribution in [2.75, 3.05) is 13.2 Å². The summed E-state index contributed by atoms with van der Waals surface area (Å²) in [6.07, 6.45) is 1.42. The molecule has 29 heavy (non-hydrogen) atoms. The van der Waals surface area contributed by atoms with Gasteiger partial charge in [0.25, 0.3) is 11.1 Å². The van der Waals surface area contributed by atoms with Gasteiger partial charge < -0.3 is 19.1 Å². The van der Waals surface area contributed by atoms with Crippen molar-refractivity contribution in [3.8, 4) is 11.3 Å². The van der Waals surface area contributed by atoms with Gasteiger partial charge >= 0.3 is 5.97 Å². The molecule has 1 aliphatic heterocycles. The van der Waals surface area contributed by atoms with E-state index >= 15 is 0 Å². The van der Waals surface area contributed by atoms with Crippen LogP contribution in [0.2, 0.25) is 0 Å². The van der Waals surface area contributed by atoms with Crippen molar-refractivity contribution < 1.29 is 33.4 Å². The van der Waals surface area contributed by atoms with Crippen LogP contribution in [0.3, 0.4) is 0 Å². The van der Waals surface area contributed by atoms with Gasteiger partial charge in [-0.05, 0) is 54.9 Å². The van der Waals surface area contributed by atoms with Crippen molar-refractivity contribution in [1.82, 2.24) is 4.90 Å². The highest BCUT2D eigenvalue weighted by Crippen LogP contribution is 2.33. The van der Waals surface area contributed by atoms with E-state index in [0.29, 0.717) is 34.4 Å². The second-order valence-corrected chi connectivity index (χ2v) is 7.09. The second-order valence-electron chi connectivity index (χ2n) is 6.09. The van der Waals surface area contributed by atoms with Crippen LogP contribution < -0.4 is 5.11 Å². The molecule has 0 unspecified atom stereocenters. The SMILES string of the molecule is CCOC(=O)CN1C(=O)S/C(=C\c2ccc(-c3ccc(C(=O)[O-])cc3C)o2)C1=O. The number of rotatable bonds is 6. The molecule has 0 bridgehead atoms. The van der Waals surface area contributed by atoms with Crippen LogP contribution >= 0.6 is 11.8 Å². The fourth-order valence-corrected chi connectivity index (χ4v) is 3.56. The third-order valence-electron chi connectivity index (χ3n) is 4.09. The van der Waals surface area contributed by atoms with Crippen molar-refractivity contribution >= 4 is 40.9 Å². The summed E-state index contributed by atoms with van der Waals surface area (Å²) in [5.41, 5.74) is 1.43. The first-order chi connectivity index (χ1) is 13.8. The lowest BCUT2D eigenvalue weighted by molar-refractivity contribution is -0.255. The molecule has 9 heteroatoms. The molecule has 0 N–H and O–H groups in total. The average molecular weight is 414 g/mol. The van der Waals surface area contributed by atoms with Gasteiger partial charge in [-0.25, -0.2) is 0 Å². The topological polar surface area (TPSA) is 117 Å². The predicted octanol–water partition coefficient (Wildman–Crippen LogP) is 2.22. The summed E-state index contributed by atoms with van der Waals surface area (Å²) in [5, 5.41) is 10.4. The highest BCUT2D eigenvalue weighted by Gasteiger charge is 2.36. The Morgan fingerprint density at radius 1 is 1.24 bits per heavy atom. The molecule has 1 fully saturated rings. The molecule has 0 radical (unpaired) electrons. The van der Waals surface area contributed by atoms with E-state index in [1.807, 2.05) is 0 Å². The molecular weight excluding hydrogens is 398 g/mol. The molecule has 2 amide bonds. The number of hydrogen-bond acceptors (Lipinski definition) is 8. The number of carbonyl (C=O) groups is 4. The number of benzene rings is 1. The number of esters is 1. The molecule has 150 valence electrons. The lowest BCUT2D eigenvalue weighted by atomic mass is 10.0. The summed E-state index contributed by atoms with van der Waals surface area (Å²) < 4.78 is 10.5. The summed E-state index contributed by atoms with van der Waals surface area (Å²) in [6.45, 7) is 3.09. The Labute approximate surface area is 170 Å². The second kappa shape index (κ2) is 8.36. The Balaban J connectivity index is 1.80. The lowest BCUT2D eigenvalue weighted by Gasteiger charge is -2.10. The van der Waals surface area contributed by atoms with Crippen molar-refractivity contribution in [2.24, 2.45) is 0 Å². The van der Waals surface area contributed by atoms with E-state index in [1.165, 1.54) is 18.2 Å². The Morgan fingerprint density at radius 2 is 2.00 bits per heavy atom. The van der Waals surface area contributed by atoms with Crippen molar-refractivity contribution in [3.63, 3.8) is 0 Å². The van der Waals surface area contributed by atoms with E-state index in [2.05, 4.69) is 0 Å². The van der Waals surface area contributed by atoms with Gasteiger partial charge in [0.2, 0.25) is 0 Å². The molecule has 3 rings (SSSR count). The maximum absolute atomic E-state index is 12.4. The quantitative estimate of drug-likeness (QED) is 0.522. The average Bonchev–Trinajstić information content (AvgIpc) is 3.22. The van der Waals surface area contributed by atoms with Gasteiger partial charge in [0.15, 0.2) is 0 Å². The first-order valence-electron chi connectivity index (χ1n) is 8.63. The number of carboxylic acids is 1. The van der Waals surface area contributed by atoms with Crippen LogP contribution in [-0.4, -0.2) is 41.1 Å². The molecule has 8 nitrogen and oxygen atoms in total. The Morgan fingerprint density at radius 3 is 2.66 bits per heavy atom. The fourth-order valence-electron chi connectivity index (χ4n) is 2.74. The van der Waals surface area contributed by atoms with Gasteiger partial charge in [0.1, 0.15) is 18.1 Å². The summed E-state index contributed by atoms with van der Waals surface area (Å²) in [6, 6.07) is 7.81. The summed E-state index contributed by atoms with van der Waals surface area (Å²) in [4.78, 5) is 47.9. The van der Waals surface area contributed by atoms with Crippen LogP contribution in [0.4, 0.5) is 4.79 Å². The van der Waals surface area contributed by atoms with Gasteiger partial charge in [-0.2, -0.15) is 0 Å². The van der Waals surface area contributed by atoms with Crippen LogP contribution in [0, 0.1) is 6.92 Å². The molecule has 1 aromatic heterocycles. The highest BCUT2D eigenvalue weighted by molar-refractivity contribution is 8.18. The number of amides is 2. The summed E-state index contributed by atoms with van der Waals surface area (Å²) in [5.74, 6) is -1.71. The smallest absolute Gasteiger partial charge is 0.326 e. The molecule has 0 spiro atoms. The summed E-state index contributed by atoms with van der Waals surface area (Å²) in [7, 11) is 0. The monoisotopic (exact) mass is 414 g/mol. The van der Waals surface area contributed by atoms with E-state index in [4.69, 9.17) is 9.15 Å². The molecule has 2 heterocycles. The summed E-state index contributed by atoms with van der Waals surface area (Å²) >= 11 is 0.709. The highest BCUT2D eigenvalue weighted by atomic mass is 32.2. The van der Waals surface area contributed by atoms with E-state index in [-0.39, 0.29) is 17.1 Å². The first-order valence-corrected chi connectivity index (χ1v) is 9.45. The van der Waals surface area contributed by atoms with E-state index in [9.17, 15) is 24.3 Å². The first kappa shape index (κ1) is 20.4. The molecule has 1 aliphatic rings.